The topological polar surface area (TPSA) is 71.7 Å². The first kappa shape index (κ1) is 12.6. The van der Waals surface area contributed by atoms with Gasteiger partial charge >= 0.3 is 0 Å². The Kier molecular flexibility index (Phi) is 3.99. The maximum absolute atomic E-state index is 11.6. The number of hydrogen-bond acceptors (Lipinski definition) is 5. The SMILES string of the molecule is COCC(=O)N1CCN(c2ccc(N)nc2)CC1. The van der Waals surface area contributed by atoms with Gasteiger partial charge in [0.1, 0.15) is 12.4 Å². The number of piperazine rings is 1. The lowest BCUT2D eigenvalue weighted by atomic mass is 10.2. The van der Waals surface area contributed by atoms with E-state index in [2.05, 4.69) is 9.88 Å². The monoisotopic (exact) mass is 250 g/mol. The molecule has 1 aliphatic heterocycles. The molecule has 1 aliphatic rings. The van der Waals surface area contributed by atoms with Crippen molar-refractivity contribution >= 4 is 17.4 Å². The van der Waals surface area contributed by atoms with Gasteiger partial charge in [0.15, 0.2) is 0 Å². The molecule has 1 fully saturated rings. The van der Waals surface area contributed by atoms with Crippen LogP contribution in [0.15, 0.2) is 18.3 Å². The van der Waals surface area contributed by atoms with Gasteiger partial charge in [0, 0.05) is 33.3 Å². The van der Waals surface area contributed by atoms with E-state index in [9.17, 15) is 4.79 Å². The maximum Gasteiger partial charge on any atom is 0.248 e. The standard InChI is InChI=1S/C12H18N4O2/c1-18-9-12(17)16-6-4-15(5-7-16)10-2-3-11(13)14-8-10/h2-3,8H,4-7,9H2,1H3,(H2,13,14). The molecule has 18 heavy (non-hydrogen) atoms. The highest BCUT2D eigenvalue weighted by molar-refractivity contribution is 5.77. The van der Waals surface area contributed by atoms with E-state index in [0.717, 1.165) is 18.8 Å². The minimum absolute atomic E-state index is 0.0487. The number of carbonyl (C=O) groups excluding carboxylic acids is 1. The van der Waals surface area contributed by atoms with Crippen LogP contribution in [-0.4, -0.2) is 55.7 Å². The Morgan fingerprint density at radius 1 is 1.39 bits per heavy atom. The summed E-state index contributed by atoms with van der Waals surface area (Å²) in [6, 6.07) is 3.74. The van der Waals surface area contributed by atoms with Gasteiger partial charge in [-0.3, -0.25) is 4.79 Å². The largest absolute Gasteiger partial charge is 0.384 e. The summed E-state index contributed by atoms with van der Waals surface area (Å²) in [5.74, 6) is 0.570. The molecule has 1 saturated heterocycles. The fourth-order valence-corrected chi connectivity index (χ4v) is 2.01. The van der Waals surface area contributed by atoms with Crippen LogP contribution in [-0.2, 0) is 9.53 Å². The second-order valence-electron chi connectivity index (χ2n) is 4.24. The number of methoxy groups -OCH3 is 1. The molecule has 2 rings (SSSR count). The zero-order valence-electron chi connectivity index (χ0n) is 10.5. The van der Waals surface area contributed by atoms with Crippen LogP contribution in [0.3, 0.4) is 0 Å². The fraction of sp³-hybridized carbons (Fsp3) is 0.500. The summed E-state index contributed by atoms with van der Waals surface area (Å²) < 4.78 is 4.85. The van der Waals surface area contributed by atoms with Gasteiger partial charge in [0.05, 0.1) is 11.9 Å². The normalized spacial score (nSPS) is 15.8. The van der Waals surface area contributed by atoms with Gasteiger partial charge in [-0.25, -0.2) is 4.98 Å². The molecule has 0 saturated carbocycles. The van der Waals surface area contributed by atoms with Crippen molar-refractivity contribution in [3.63, 3.8) is 0 Å². The average molecular weight is 250 g/mol. The number of nitrogens with two attached hydrogens (primary N) is 1. The molecule has 0 unspecified atom stereocenters. The summed E-state index contributed by atoms with van der Waals surface area (Å²) >= 11 is 0. The van der Waals surface area contributed by atoms with Crippen LogP contribution in [0.1, 0.15) is 0 Å². The minimum atomic E-state index is 0.0487. The van der Waals surface area contributed by atoms with Crippen molar-refractivity contribution in [3.8, 4) is 0 Å². The fourth-order valence-electron chi connectivity index (χ4n) is 2.01. The second-order valence-corrected chi connectivity index (χ2v) is 4.24. The first-order chi connectivity index (χ1) is 8.70. The van der Waals surface area contributed by atoms with Crippen LogP contribution >= 0.6 is 0 Å². The highest BCUT2D eigenvalue weighted by Gasteiger charge is 2.20. The predicted octanol–water partition coefficient (Wildman–Crippen LogP) is -0.0412. The Labute approximate surface area is 106 Å². The molecular weight excluding hydrogens is 232 g/mol. The molecular formula is C12H18N4O2. The van der Waals surface area contributed by atoms with Crippen LogP contribution in [0.2, 0.25) is 0 Å². The van der Waals surface area contributed by atoms with Crippen molar-refractivity contribution < 1.29 is 9.53 Å². The number of nitrogens with zero attached hydrogens (tertiary/aromatic N) is 3. The number of nitrogen functional groups attached to an aromatic ring is 1. The number of hydrogen-bond donors (Lipinski definition) is 1. The Morgan fingerprint density at radius 2 is 2.11 bits per heavy atom. The lowest BCUT2D eigenvalue weighted by Crippen LogP contribution is -2.49. The van der Waals surface area contributed by atoms with Gasteiger partial charge in [-0.1, -0.05) is 0 Å². The third-order valence-corrected chi connectivity index (χ3v) is 3.04. The van der Waals surface area contributed by atoms with Crippen molar-refractivity contribution in [1.82, 2.24) is 9.88 Å². The summed E-state index contributed by atoms with van der Waals surface area (Å²) in [7, 11) is 1.54. The number of rotatable bonds is 3. The highest BCUT2D eigenvalue weighted by atomic mass is 16.5. The van der Waals surface area contributed by atoms with Crippen LogP contribution < -0.4 is 10.6 Å². The maximum atomic E-state index is 11.6. The van der Waals surface area contributed by atoms with Gasteiger partial charge in [-0.15, -0.1) is 0 Å². The molecule has 6 heteroatoms. The van der Waals surface area contributed by atoms with Crippen LogP contribution in [0.25, 0.3) is 0 Å². The summed E-state index contributed by atoms with van der Waals surface area (Å²) in [6.07, 6.45) is 1.77. The van der Waals surface area contributed by atoms with Crippen molar-refractivity contribution in [3.05, 3.63) is 18.3 Å². The Hall–Kier alpha value is -1.82. The predicted molar refractivity (Wildman–Crippen MR) is 69.3 cm³/mol. The highest BCUT2D eigenvalue weighted by Crippen LogP contribution is 2.16. The number of anilines is 2. The first-order valence-corrected chi connectivity index (χ1v) is 5.94. The quantitative estimate of drug-likeness (QED) is 0.815. The van der Waals surface area contributed by atoms with E-state index >= 15 is 0 Å². The zero-order chi connectivity index (χ0) is 13.0. The molecule has 0 bridgehead atoms. The number of pyridine rings is 1. The molecule has 0 aliphatic carbocycles. The molecule has 2 heterocycles. The zero-order valence-corrected chi connectivity index (χ0v) is 10.5. The van der Waals surface area contributed by atoms with E-state index in [1.807, 2.05) is 11.0 Å². The number of aromatic nitrogens is 1. The van der Waals surface area contributed by atoms with E-state index in [-0.39, 0.29) is 12.5 Å². The summed E-state index contributed by atoms with van der Waals surface area (Å²) in [4.78, 5) is 19.7. The Morgan fingerprint density at radius 3 is 2.67 bits per heavy atom. The first-order valence-electron chi connectivity index (χ1n) is 5.94. The van der Waals surface area contributed by atoms with Crippen LogP contribution in [0.5, 0.6) is 0 Å². The number of carbonyl (C=O) groups is 1. The van der Waals surface area contributed by atoms with Crippen molar-refractivity contribution in [2.45, 2.75) is 0 Å². The van der Waals surface area contributed by atoms with Gasteiger partial charge < -0.3 is 20.3 Å². The molecule has 0 radical (unpaired) electrons. The summed E-state index contributed by atoms with van der Waals surface area (Å²) in [5, 5.41) is 0. The third-order valence-electron chi connectivity index (χ3n) is 3.04. The van der Waals surface area contributed by atoms with E-state index in [1.165, 1.54) is 7.11 Å². The van der Waals surface area contributed by atoms with Gasteiger partial charge in [0.25, 0.3) is 0 Å². The van der Waals surface area contributed by atoms with E-state index < -0.39 is 0 Å². The smallest absolute Gasteiger partial charge is 0.248 e. The van der Waals surface area contributed by atoms with Gasteiger partial charge in [-0.2, -0.15) is 0 Å². The van der Waals surface area contributed by atoms with E-state index in [0.29, 0.717) is 18.9 Å². The third kappa shape index (κ3) is 2.89. The molecule has 0 aromatic carbocycles. The summed E-state index contributed by atoms with van der Waals surface area (Å²) in [5.41, 5.74) is 6.60. The summed E-state index contributed by atoms with van der Waals surface area (Å²) in [6.45, 7) is 3.20. The molecule has 1 aromatic rings. The molecule has 1 amide bonds. The van der Waals surface area contributed by atoms with E-state index in [1.54, 1.807) is 12.3 Å². The lowest BCUT2D eigenvalue weighted by molar-refractivity contribution is -0.135. The molecule has 1 aromatic heterocycles. The lowest BCUT2D eigenvalue weighted by Gasteiger charge is -2.35. The number of amides is 1. The Balaban J connectivity index is 1.90. The molecule has 0 atom stereocenters. The van der Waals surface area contributed by atoms with Crippen molar-refractivity contribution in [2.24, 2.45) is 0 Å². The van der Waals surface area contributed by atoms with Gasteiger partial charge in [-0.05, 0) is 12.1 Å². The minimum Gasteiger partial charge on any atom is -0.384 e. The Bertz CT molecular complexity index is 399. The molecule has 2 N–H and O–H groups in total. The van der Waals surface area contributed by atoms with E-state index in [4.69, 9.17) is 10.5 Å². The van der Waals surface area contributed by atoms with Crippen LogP contribution in [0.4, 0.5) is 11.5 Å². The number of ether oxygens (including phenoxy) is 1. The molecule has 0 spiro atoms. The second kappa shape index (κ2) is 5.68. The van der Waals surface area contributed by atoms with Gasteiger partial charge in [0.2, 0.25) is 5.91 Å². The molecule has 6 nitrogen and oxygen atoms in total. The average Bonchev–Trinajstić information content (AvgIpc) is 2.40. The molecule has 98 valence electrons. The van der Waals surface area contributed by atoms with Crippen molar-refractivity contribution in [1.29, 1.82) is 0 Å². The van der Waals surface area contributed by atoms with Crippen LogP contribution in [0, 0.1) is 0 Å². The van der Waals surface area contributed by atoms with Crippen molar-refractivity contribution in [2.75, 3.05) is 50.5 Å².